The second-order valence-electron chi connectivity index (χ2n) is 5.61. The molecule has 1 aromatic carbocycles. The summed E-state index contributed by atoms with van der Waals surface area (Å²) in [4.78, 5) is 22.5. The maximum absolute atomic E-state index is 11.7. The predicted octanol–water partition coefficient (Wildman–Crippen LogP) is 2.94. The van der Waals surface area contributed by atoms with E-state index in [4.69, 9.17) is 18.9 Å². The minimum atomic E-state index is -0.472. The van der Waals surface area contributed by atoms with Crippen LogP contribution >= 0.6 is 0 Å². The van der Waals surface area contributed by atoms with Crippen molar-refractivity contribution in [3.05, 3.63) is 24.3 Å². The largest absolute Gasteiger partial charge is 0.468 e. The van der Waals surface area contributed by atoms with Crippen molar-refractivity contribution in [3.63, 3.8) is 0 Å². The van der Waals surface area contributed by atoms with E-state index in [1.54, 1.807) is 24.3 Å². The minimum Gasteiger partial charge on any atom is -0.468 e. The van der Waals surface area contributed by atoms with E-state index in [2.05, 4.69) is 0 Å². The smallest absolute Gasteiger partial charge is 0.311 e. The van der Waals surface area contributed by atoms with Gasteiger partial charge in [0, 0.05) is 6.92 Å². The summed E-state index contributed by atoms with van der Waals surface area (Å²) in [5, 5.41) is 0. The molecule has 0 spiro atoms. The summed E-state index contributed by atoms with van der Waals surface area (Å²) in [6.07, 6.45) is 0.721. The molecule has 0 fully saturated rings. The lowest BCUT2D eigenvalue weighted by Gasteiger charge is -2.20. The van der Waals surface area contributed by atoms with Crippen LogP contribution in [0.4, 0.5) is 0 Å². The van der Waals surface area contributed by atoms with E-state index in [1.807, 2.05) is 20.8 Å². The first-order valence-corrected chi connectivity index (χ1v) is 7.51. The van der Waals surface area contributed by atoms with Gasteiger partial charge < -0.3 is 18.9 Å². The highest BCUT2D eigenvalue weighted by Crippen LogP contribution is 2.21. The van der Waals surface area contributed by atoms with Gasteiger partial charge in [-0.15, -0.1) is 0 Å². The van der Waals surface area contributed by atoms with Gasteiger partial charge in [0.1, 0.15) is 18.1 Å². The lowest BCUT2D eigenvalue weighted by Crippen LogP contribution is -2.27. The van der Waals surface area contributed by atoms with Crippen LogP contribution in [0.3, 0.4) is 0 Å². The normalized spacial score (nSPS) is 11.0. The summed E-state index contributed by atoms with van der Waals surface area (Å²) in [6, 6.07) is 6.60. The zero-order valence-electron chi connectivity index (χ0n) is 14.1. The van der Waals surface area contributed by atoms with Gasteiger partial charge in [-0.3, -0.25) is 9.59 Å². The first-order valence-electron chi connectivity index (χ1n) is 7.51. The third kappa shape index (κ3) is 7.15. The number of rotatable bonds is 9. The molecule has 0 saturated carbocycles. The van der Waals surface area contributed by atoms with Crippen LogP contribution < -0.4 is 9.47 Å². The number of hydrogen-bond donors (Lipinski definition) is 0. The Hall–Kier alpha value is -2.08. The summed E-state index contributed by atoms with van der Waals surface area (Å²) in [7, 11) is 0. The number of esters is 2. The van der Waals surface area contributed by atoms with Gasteiger partial charge in [-0.1, -0.05) is 6.92 Å². The first-order chi connectivity index (χ1) is 10.8. The molecule has 0 saturated heterocycles. The minimum absolute atomic E-state index is 0.0433. The van der Waals surface area contributed by atoms with Crippen LogP contribution in [0.2, 0.25) is 0 Å². The molecule has 0 aliphatic heterocycles. The molecule has 0 aromatic heterocycles. The van der Waals surface area contributed by atoms with Crippen molar-refractivity contribution in [1.29, 1.82) is 0 Å². The van der Waals surface area contributed by atoms with Gasteiger partial charge in [-0.2, -0.15) is 0 Å². The van der Waals surface area contributed by atoms with E-state index in [1.165, 1.54) is 6.92 Å². The fourth-order valence-electron chi connectivity index (χ4n) is 1.47. The highest BCUT2D eigenvalue weighted by molar-refractivity contribution is 5.75. The SMILES string of the molecule is CCC(C)(C)C(=O)OCCOCOc1ccc(OC(C)=O)cc1. The third-order valence-electron chi connectivity index (χ3n) is 3.29. The van der Waals surface area contributed by atoms with Crippen LogP contribution in [0.5, 0.6) is 11.5 Å². The second kappa shape index (κ2) is 9.15. The summed E-state index contributed by atoms with van der Waals surface area (Å²) in [5.41, 5.74) is -0.472. The highest BCUT2D eigenvalue weighted by Gasteiger charge is 2.26. The number of carbonyl (C=O) groups is 2. The average Bonchev–Trinajstić information content (AvgIpc) is 2.51. The van der Waals surface area contributed by atoms with Crippen molar-refractivity contribution < 1.29 is 28.5 Å². The summed E-state index contributed by atoms with van der Waals surface area (Å²) < 4.78 is 20.6. The Balaban J connectivity index is 2.18. The molecule has 1 rings (SSSR count). The molecule has 6 nitrogen and oxygen atoms in total. The van der Waals surface area contributed by atoms with Crippen LogP contribution in [0.1, 0.15) is 34.1 Å². The Morgan fingerprint density at radius 3 is 2.22 bits per heavy atom. The van der Waals surface area contributed by atoms with E-state index in [-0.39, 0.29) is 31.9 Å². The molecular weight excluding hydrogens is 300 g/mol. The summed E-state index contributed by atoms with van der Waals surface area (Å²) in [5.74, 6) is 0.439. The Kier molecular flexibility index (Phi) is 7.54. The van der Waals surface area contributed by atoms with Gasteiger partial charge in [-0.25, -0.2) is 0 Å². The molecule has 128 valence electrons. The number of carbonyl (C=O) groups excluding carboxylic acids is 2. The standard InChI is InChI=1S/C17H24O6/c1-5-17(3,4)16(19)21-11-10-20-12-22-14-6-8-15(9-7-14)23-13(2)18/h6-9H,5,10-12H2,1-4H3. The zero-order chi connectivity index (χ0) is 17.3. The van der Waals surface area contributed by atoms with Crippen molar-refractivity contribution in [2.75, 3.05) is 20.0 Å². The van der Waals surface area contributed by atoms with Crippen LogP contribution in [-0.2, 0) is 19.1 Å². The zero-order valence-corrected chi connectivity index (χ0v) is 14.1. The predicted molar refractivity (Wildman–Crippen MR) is 84.2 cm³/mol. The molecule has 0 N–H and O–H groups in total. The van der Waals surface area contributed by atoms with Gasteiger partial charge in [0.15, 0.2) is 6.79 Å². The van der Waals surface area contributed by atoms with E-state index in [9.17, 15) is 9.59 Å². The third-order valence-corrected chi connectivity index (χ3v) is 3.29. The van der Waals surface area contributed by atoms with Gasteiger partial charge in [-0.05, 0) is 44.5 Å². The van der Waals surface area contributed by atoms with E-state index >= 15 is 0 Å². The molecule has 0 heterocycles. The van der Waals surface area contributed by atoms with E-state index < -0.39 is 5.41 Å². The highest BCUT2D eigenvalue weighted by atomic mass is 16.7. The second-order valence-corrected chi connectivity index (χ2v) is 5.61. The van der Waals surface area contributed by atoms with Crippen molar-refractivity contribution in [2.45, 2.75) is 34.1 Å². The average molecular weight is 324 g/mol. The Morgan fingerprint density at radius 1 is 1.04 bits per heavy atom. The fourth-order valence-corrected chi connectivity index (χ4v) is 1.47. The molecule has 6 heteroatoms. The van der Waals surface area contributed by atoms with Gasteiger partial charge >= 0.3 is 11.9 Å². The van der Waals surface area contributed by atoms with Crippen LogP contribution in [0, 0.1) is 5.41 Å². The lowest BCUT2D eigenvalue weighted by atomic mass is 9.91. The first kappa shape index (κ1) is 19.0. The van der Waals surface area contributed by atoms with Crippen molar-refractivity contribution >= 4 is 11.9 Å². The number of benzene rings is 1. The van der Waals surface area contributed by atoms with Crippen molar-refractivity contribution in [3.8, 4) is 11.5 Å². The lowest BCUT2D eigenvalue weighted by molar-refractivity contribution is -0.156. The summed E-state index contributed by atoms with van der Waals surface area (Å²) >= 11 is 0. The maximum Gasteiger partial charge on any atom is 0.311 e. The fraction of sp³-hybridized carbons (Fsp3) is 0.529. The molecule has 0 aliphatic rings. The van der Waals surface area contributed by atoms with Crippen molar-refractivity contribution in [2.24, 2.45) is 5.41 Å². The Labute approximate surface area is 136 Å². The van der Waals surface area contributed by atoms with Gasteiger partial charge in [0.2, 0.25) is 0 Å². The monoisotopic (exact) mass is 324 g/mol. The Morgan fingerprint density at radius 2 is 1.65 bits per heavy atom. The topological polar surface area (TPSA) is 71.1 Å². The number of ether oxygens (including phenoxy) is 4. The van der Waals surface area contributed by atoms with Gasteiger partial charge in [0.25, 0.3) is 0 Å². The number of hydrogen-bond acceptors (Lipinski definition) is 6. The molecule has 23 heavy (non-hydrogen) atoms. The molecule has 0 atom stereocenters. The summed E-state index contributed by atoms with van der Waals surface area (Å²) in [6.45, 7) is 7.47. The van der Waals surface area contributed by atoms with Gasteiger partial charge in [0.05, 0.1) is 12.0 Å². The van der Waals surface area contributed by atoms with Crippen LogP contribution in [0.15, 0.2) is 24.3 Å². The van der Waals surface area contributed by atoms with E-state index in [0.29, 0.717) is 11.5 Å². The van der Waals surface area contributed by atoms with Crippen molar-refractivity contribution in [1.82, 2.24) is 0 Å². The van der Waals surface area contributed by atoms with Crippen LogP contribution in [0.25, 0.3) is 0 Å². The molecule has 1 aromatic rings. The molecule has 0 bridgehead atoms. The van der Waals surface area contributed by atoms with E-state index in [0.717, 1.165) is 6.42 Å². The molecule has 0 aliphatic carbocycles. The molecule has 0 unspecified atom stereocenters. The molecule has 0 radical (unpaired) electrons. The Bertz CT molecular complexity index is 506. The maximum atomic E-state index is 11.7. The van der Waals surface area contributed by atoms with Crippen LogP contribution in [-0.4, -0.2) is 31.9 Å². The molecular formula is C17H24O6. The molecule has 0 amide bonds. The quantitative estimate of drug-likeness (QED) is 0.301.